The van der Waals surface area contributed by atoms with Crippen molar-refractivity contribution in [1.29, 1.82) is 0 Å². The molecule has 2 amide bonds. The smallest absolute Gasteiger partial charge is 0.407 e. The number of benzene rings is 2. The van der Waals surface area contributed by atoms with Crippen LogP contribution in [0.1, 0.15) is 25.0 Å². The summed E-state index contributed by atoms with van der Waals surface area (Å²) in [5, 5.41) is 2.40. The second-order valence-electron chi connectivity index (χ2n) is 9.00. The van der Waals surface area contributed by atoms with Gasteiger partial charge in [0.2, 0.25) is 0 Å². The molecule has 204 valence electrons. The minimum Gasteiger partial charge on any atom is -0.497 e. The molecule has 1 aliphatic heterocycles. The SMILES string of the molecule is COC(=O)[C@H]1OC(C)(C)O[C@@H]1C(=O)N(CC(=O)CNC(=O)OCc1ccccc1)Cc1ccc(OC)cc1. The number of hydrogen-bond acceptors (Lipinski definition) is 9. The number of esters is 1. The summed E-state index contributed by atoms with van der Waals surface area (Å²) in [6.07, 6.45) is -3.40. The van der Waals surface area contributed by atoms with Crippen LogP contribution in [0.5, 0.6) is 5.75 Å². The molecule has 1 heterocycles. The van der Waals surface area contributed by atoms with Gasteiger partial charge < -0.3 is 33.9 Å². The first kappa shape index (κ1) is 28.6. The molecule has 2 atom stereocenters. The number of ether oxygens (including phenoxy) is 5. The van der Waals surface area contributed by atoms with Crippen LogP contribution >= 0.6 is 0 Å². The number of hydrogen-bond donors (Lipinski definition) is 1. The van der Waals surface area contributed by atoms with Crippen molar-refractivity contribution >= 4 is 23.8 Å². The van der Waals surface area contributed by atoms with Crippen LogP contribution in [0.25, 0.3) is 0 Å². The van der Waals surface area contributed by atoms with E-state index in [2.05, 4.69) is 5.32 Å². The van der Waals surface area contributed by atoms with Crippen molar-refractivity contribution in [1.82, 2.24) is 10.2 Å². The Morgan fingerprint density at radius 1 is 0.921 bits per heavy atom. The topological polar surface area (TPSA) is 130 Å². The van der Waals surface area contributed by atoms with E-state index in [1.165, 1.54) is 19.1 Å². The van der Waals surface area contributed by atoms with Gasteiger partial charge in [0.05, 0.1) is 27.3 Å². The van der Waals surface area contributed by atoms with Gasteiger partial charge in [0.1, 0.15) is 12.4 Å². The third-order valence-electron chi connectivity index (χ3n) is 5.63. The lowest BCUT2D eigenvalue weighted by molar-refractivity contribution is -0.169. The number of amides is 2. The number of methoxy groups -OCH3 is 2. The van der Waals surface area contributed by atoms with E-state index in [-0.39, 0.29) is 26.2 Å². The summed E-state index contributed by atoms with van der Waals surface area (Å²) in [5.74, 6) is -2.47. The Bertz CT molecular complexity index is 1120. The van der Waals surface area contributed by atoms with E-state index in [0.29, 0.717) is 11.3 Å². The summed E-state index contributed by atoms with van der Waals surface area (Å²) in [4.78, 5) is 51.9. The van der Waals surface area contributed by atoms with Crippen molar-refractivity contribution in [3.8, 4) is 5.75 Å². The Morgan fingerprint density at radius 2 is 1.58 bits per heavy atom. The van der Waals surface area contributed by atoms with E-state index in [1.807, 2.05) is 18.2 Å². The number of ketones is 1. The fraction of sp³-hybridized carbons (Fsp3) is 0.407. The lowest BCUT2D eigenvalue weighted by Crippen LogP contribution is -2.48. The van der Waals surface area contributed by atoms with E-state index in [1.54, 1.807) is 50.2 Å². The van der Waals surface area contributed by atoms with Crippen molar-refractivity contribution in [2.45, 2.75) is 45.0 Å². The summed E-state index contributed by atoms with van der Waals surface area (Å²) in [7, 11) is 2.72. The summed E-state index contributed by atoms with van der Waals surface area (Å²) >= 11 is 0. The Labute approximate surface area is 220 Å². The van der Waals surface area contributed by atoms with Gasteiger partial charge in [0, 0.05) is 6.54 Å². The number of carbonyl (C=O) groups is 4. The van der Waals surface area contributed by atoms with Gasteiger partial charge in [-0.3, -0.25) is 9.59 Å². The molecule has 38 heavy (non-hydrogen) atoms. The van der Waals surface area contributed by atoms with E-state index in [4.69, 9.17) is 23.7 Å². The van der Waals surface area contributed by atoms with Gasteiger partial charge in [0.15, 0.2) is 23.8 Å². The van der Waals surface area contributed by atoms with Crippen molar-refractivity contribution in [3.05, 3.63) is 65.7 Å². The van der Waals surface area contributed by atoms with Crippen molar-refractivity contribution < 1.29 is 42.9 Å². The van der Waals surface area contributed by atoms with Gasteiger partial charge in [-0.2, -0.15) is 0 Å². The van der Waals surface area contributed by atoms with Crippen LogP contribution in [0, 0.1) is 0 Å². The maximum absolute atomic E-state index is 13.5. The Kier molecular flexibility index (Phi) is 9.80. The predicted octanol–water partition coefficient (Wildman–Crippen LogP) is 2.21. The number of nitrogens with one attached hydrogen (secondary N) is 1. The van der Waals surface area contributed by atoms with Crippen LogP contribution in [0.15, 0.2) is 54.6 Å². The average Bonchev–Trinajstić information content (AvgIpc) is 3.25. The molecule has 1 saturated heterocycles. The molecular formula is C27H32N2O9. The van der Waals surface area contributed by atoms with Crippen LogP contribution in [0.2, 0.25) is 0 Å². The highest BCUT2D eigenvalue weighted by Gasteiger charge is 2.50. The molecule has 11 heteroatoms. The maximum atomic E-state index is 13.5. The van der Waals surface area contributed by atoms with Gasteiger partial charge in [-0.15, -0.1) is 0 Å². The number of rotatable bonds is 11. The van der Waals surface area contributed by atoms with Gasteiger partial charge in [0.25, 0.3) is 5.91 Å². The fourth-order valence-corrected chi connectivity index (χ4v) is 3.79. The lowest BCUT2D eigenvalue weighted by Gasteiger charge is -2.26. The zero-order chi connectivity index (χ0) is 27.7. The Hall–Kier alpha value is -3.96. The van der Waals surface area contributed by atoms with Gasteiger partial charge in [-0.25, -0.2) is 9.59 Å². The van der Waals surface area contributed by atoms with E-state index >= 15 is 0 Å². The molecule has 0 aromatic heterocycles. The molecule has 0 saturated carbocycles. The monoisotopic (exact) mass is 528 g/mol. The Balaban J connectivity index is 1.68. The normalized spacial score (nSPS) is 17.8. The minimum atomic E-state index is -1.33. The Morgan fingerprint density at radius 3 is 2.21 bits per heavy atom. The molecule has 3 rings (SSSR count). The van der Waals surface area contributed by atoms with Crippen LogP contribution in [0.4, 0.5) is 4.79 Å². The summed E-state index contributed by atoms with van der Waals surface area (Å²) in [6, 6.07) is 16.0. The van der Waals surface area contributed by atoms with E-state index < -0.39 is 41.7 Å². The number of Topliss-reactive ketones (excluding diaryl/α,β-unsaturated/α-hetero) is 1. The van der Waals surface area contributed by atoms with Crippen LogP contribution in [0.3, 0.4) is 0 Å². The molecule has 2 aromatic rings. The molecule has 0 unspecified atom stereocenters. The van der Waals surface area contributed by atoms with Crippen LogP contribution in [-0.2, 0) is 46.5 Å². The quantitative estimate of drug-likeness (QED) is 0.436. The van der Waals surface area contributed by atoms with Gasteiger partial charge in [-0.05, 0) is 37.1 Å². The first-order valence-electron chi connectivity index (χ1n) is 11.9. The minimum absolute atomic E-state index is 0.0290. The van der Waals surface area contributed by atoms with Gasteiger partial charge in [-0.1, -0.05) is 42.5 Å². The first-order valence-corrected chi connectivity index (χ1v) is 11.9. The van der Waals surface area contributed by atoms with Gasteiger partial charge >= 0.3 is 12.1 Å². The molecule has 2 aromatic carbocycles. The summed E-state index contributed by atoms with van der Waals surface area (Å²) < 4.78 is 26.4. The summed E-state index contributed by atoms with van der Waals surface area (Å²) in [5.41, 5.74) is 1.50. The zero-order valence-corrected chi connectivity index (χ0v) is 21.8. The standard InChI is InChI=1S/C27H32N2O9/c1-27(2)37-22(23(38-27)25(32)35-4)24(31)29(15-18-10-12-21(34-3)13-11-18)16-20(30)14-28-26(33)36-17-19-8-6-5-7-9-19/h5-13,22-23H,14-17H2,1-4H3,(H,28,33)/t22-,23-/m0/s1. The predicted molar refractivity (Wildman–Crippen MR) is 134 cm³/mol. The molecule has 1 N–H and O–H groups in total. The van der Waals surface area contributed by atoms with E-state index in [0.717, 1.165) is 5.56 Å². The number of nitrogens with zero attached hydrogens (tertiary/aromatic N) is 1. The second-order valence-corrected chi connectivity index (χ2v) is 9.00. The molecule has 1 fully saturated rings. The third kappa shape index (κ3) is 8.02. The number of carbonyl (C=O) groups excluding carboxylic acids is 4. The lowest BCUT2D eigenvalue weighted by atomic mass is 10.1. The summed E-state index contributed by atoms with van der Waals surface area (Å²) in [6.45, 7) is 2.49. The highest BCUT2D eigenvalue weighted by Crippen LogP contribution is 2.30. The van der Waals surface area contributed by atoms with Crippen molar-refractivity contribution in [2.75, 3.05) is 27.3 Å². The van der Waals surface area contributed by atoms with Crippen molar-refractivity contribution in [3.63, 3.8) is 0 Å². The molecular weight excluding hydrogens is 496 g/mol. The third-order valence-corrected chi connectivity index (χ3v) is 5.63. The first-order chi connectivity index (χ1) is 18.1. The maximum Gasteiger partial charge on any atom is 0.407 e. The molecule has 0 bridgehead atoms. The van der Waals surface area contributed by atoms with Crippen LogP contribution < -0.4 is 10.1 Å². The second kappa shape index (κ2) is 13.0. The fourth-order valence-electron chi connectivity index (χ4n) is 3.79. The molecule has 0 aliphatic carbocycles. The largest absolute Gasteiger partial charge is 0.497 e. The highest BCUT2D eigenvalue weighted by atomic mass is 16.8. The number of alkyl carbamates (subject to hydrolysis) is 1. The zero-order valence-electron chi connectivity index (χ0n) is 21.8. The van der Waals surface area contributed by atoms with Crippen LogP contribution in [-0.4, -0.2) is 74.0 Å². The molecule has 11 nitrogen and oxygen atoms in total. The average molecular weight is 529 g/mol. The highest BCUT2D eigenvalue weighted by molar-refractivity contribution is 5.93. The van der Waals surface area contributed by atoms with Crippen molar-refractivity contribution in [2.24, 2.45) is 0 Å². The molecule has 0 spiro atoms. The van der Waals surface area contributed by atoms with E-state index in [9.17, 15) is 19.2 Å². The molecule has 0 radical (unpaired) electrons. The molecule has 1 aliphatic rings.